The van der Waals surface area contributed by atoms with Gasteiger partial charge in [0.2, 0.25) is 0 Å². The number of anilines is 1. The Labute approximate surface area is 109 Å². The lowest BCUT2D eigenvalue weighted by molar-refractivity contribution is 0.0690. The summed E-state index contributed by atoms with van der Waals surface area (Å²) in [5.41, 5.74) is -0.692. The van der Waals surface area contributed by atoms with Crippen molar-refractivity contribution in [1.29, 1.82) is 0 Å². The third-order valence-electron chi connectivity index (χ3n) is 3.40. The summed E-state index contributed by atoms with van der Waals surface area (Å²) in [7, 11) is 0. The highest BCUT2D eigenvalue weighted by atomic mass is 19.2. The summed E-state index contributed by atoms with van der Waals surface area (Å²) in [6, 6.07) is 2.29. The van der Waals surface area contributed by atoms with Gasteiger partial charge in [0.25, 0.3) is 0 Å². The average molecular weight is 271 g/mol. The van der Waals surface area contributed by atoms with Gasteiger partial charge in [0.1, 0.15) is 0 Å². The fourth-order valence-electron chi connectivity index (χ4n) is 2.14. The van der Waals surface area contributed by atoms with Crippen molar-refractivity contribution in [2.24, 2.45) is 5.92 Å². The standard InChI is InChI=1S/C13H15F2NO3/c1-7-8(4-5-19-7)6-16-10-3-2-9(13(17)18)11(14)12(10)15/h2-3,7-8,16H,4-6H2,1H3,(H,17,18). The molecule has 0 aromatic heterocycles. The van der Waals surface area contributed by atoms with Crippen LogP contribution in [0.25, 0.3) is 0 Å². The number of aromatic carboxylic acids is 1. The van der Waals surface area contributed by atoms with Crippen molar-refractivity contribution in [2.45, 2.75) is 19.4 Å². The van der Waals surface area contributed by atoms with E-state index in [0.29, 0.717) is 13.2 Å². The summed E-state index contributed by atoms with van der Waals surface area (Å²) < 4.78 is 32.5. The molecule has 1 aliphatic heterocycles. The summed E-state index contributed by atoms with van der Waals surface area (Å²) in [6.07, 6.45) is 0.949. The van der Waals surface area contributed by atoms with Crippen molar-refractivity contribution < 1.29 is 23.4 Å². The molecular formula is C13H15F2NO3. The first-order valence-corrected chi connectivity index (χ1v) is 6.07. The predicted molar refractivity (Wildman–Crippen MR) is 65.3 cm³/mol. The highest BCUT2D eigenvalue weighted by molar-refractivity contribution is 5.88. The number of rotatable bonds is 4. The molecule has 0 bridgehead atoms. The van der Waals surface area contributed by atoms with Crippen molar-refractivity contribution in [1.82, 2.24) is 0 Å². The van der Waals surface area contributed by atoms with Gasteiger partial charge in [-0.25, -0.2) is 13.6 Å². The summed E-state index contributed by atoms with van der Waals surface area (Å²) in [4.78, 5) is 10.7. The Morgan fingerprint density at radius 2 is 2.21 bits per heavy atom. The molecule has 1 fully saturated rings. The van der Waals surface area contributed by atoms with Gasteiger partial charge in [0.15, 0.2) is 11.6 Å². The number of carboxylic acids is 1. The quantitative estimate of drug-likeness (QED) is 0.883. The molecule has 0 aliphatic carbocycles. The molecule has 0 spiro atoms. The van der Waals surface area contributed by atoms with Crippen LogP contribution in [0, 0.1) is 17.6 Å². The highest BCUT2D eigenvalue weighted by Crippen LogP contribution is 2.24. The molecule has 6 heteroatoms. The van der Waals surface area contributed by atoms with E-state index in [1.54, 1.807) is 0 Å². The molecular weight excluding hydrogens is 256 g/mol. The van der Waals surface area contributed by atoms with Gasteiger partial charge in [0.05, 0.1) is 17.4 Å². The molecule has 2 unspecified atom stereocenters. The van der Waals surface area contributed by atoms with Gasteiger partial charge in [-0.15, -0.1) is 0 Å². The summed E-state index contributed by atoms with van der Waals surface area (Å²) in [6.45, 7) is 3.07. The zero-order chi connectivity index (χ0) is 14.0. The minimum absolute atomic E-state index is 0.0263. The Kier molecular flexibility index (Phi) is 3.99. The Hall–Kier alpha value is -1.69. The van der Waals surface area contributed by atoms with Crippen LogP contribution in [0.15, 0.2) is 12.1 Å². The van der Waals surface area contributed by atoms with E-state index >= 15 is 0 Å². The van der Waals surface area contributed by atoms with Crippen LogP contribution in [0.1, 0.15) is 23.7 Å². The largest absolute Gasteiger partial charge is 0.478 e. The van der Waals surface area contributed by atoms with Crippen LogP contribution < -0.4 is 5.32 Å². The van der Waals surface area contributed by atoms with Crippen LogP contribution in [-0.4, -0.2) is 30.3 Å². The zero-order valence-electron chi connectivity index (χ0n) is 10.5. The first-order valence-electron chi connectivity index (χ1n) is 6.07. The zero-order valence-corrected chi connectivity index (χ0v) is 10.5. The number of benzene rings is 1. The fraction of sp³-hybridized carbons (Fsp3) is 0.462. The Balaban J connectivity index is 2.09. The molecule has 0 amide bonds. The molecule has 1 heterocycles. The molecule has 1 aliphatic rings. The van der Waals surface area contributed by atoms with E-state index in [1.165, 1.54) is 6.07 Å². The molecule has 104 valence electrons. The maximum Gasteiger partial charge on any atom is 0.338 e. The second-order valence-electron chi connectivity index (χ2n) is 4.60. The van der Waals surface area contributed by atoms with E-state index in [-0.39, 0.29) is 17.7 Å². The lowest BCUT2D eigenvalue weighted by atomic mass is 10.0. The molecule has 19 heavy (non-hydrogen) atoms. The summed E-state index contributed by atoms with van der Waals surface area (Å²) in [5.74, 6) is -3.75. The normalized spacial score (nSPS) is 22.5. The maximum atomic E-state index is 13.7. The molecule has 0 saturated carbocycles. The monoisotopic (exact) mass is 271 g/mol. The topological polar surface area (TPSA) is 58.6 Å². The van der Waals surface area contributed by atoms with Gasteiger partial charge in [0, 0.05) is 19.1 Å². The van der Waals surface area contributed by atoms with Crippen molar-refractivity contribution in [3.05, 3.63) is 29.3 Å². The van der Waals surface area contributed by atoms with Crippen LogP contribution in [0.4, 0.5) is 14.5 Å². The molecule has 1 saturated heterocycles. The van der Waals surface area contributed by atoms with Crippen molar-refractivity contribution in [3.63, 3.8) is 0 Å². The maximum absolute atomic E-state index is 13.7. The Bertz CT molecular complexity index is 493. The highest BCUT2D eigenvalue weighted by Gasteiger charge is 2.25. The van der Waals surface area contributed by atoms with E-state index < -0.39 is 23.2 Å². The Morgan fingerprint density at radius 1 is 1.47 bits per heavy atom. The van der Waals surface area contributed by atoms with Gasteiger partial charge in [-0.05, 0) is 25.5 Å². The van der Waals surface area contributed by atoms with Gasteiger partial charge in [-0.3, -0.25) is 0 Å². The second kappa shape index (κ2) is 5.52. The van der Waals surface area contributed by atoms with Crippen molar-refractivity contribution in [3.8, 4) is 0 Å². The summed E-state index contributed by atoms with van der Waals surface area (Å²) in [5, 5.41) is 11.5. The van der Waals surface area contributed by atoms with E-state index in [2.05, 4.69) is 5.32 Å². The molecule has 0 radical (unpaired) electrons. The third kappa shape index (κ3) is 2.84. The Morgan fingerprint density at radius 3 is 2.79 bits per heavy atom. The second-order valence-corrected chi connectivity index (χ2v) is 4.60. The first kappa shape index (κ1) is 13.7. The van der Waals surface area contributed by atoms with Crippen molar-refractivity contribution in [2.75, 3.05) is 18.5 Å². The van der Waals surface area contributed by atoms with Crippen LogP contribution >= 0.6 is 0 Å². The fourth-order valence-corrected chi connectivity index (χ4v) is 2.14. The minimum atomic E-state index is -1.49. The first-order chi connectivity index (χ1) is 9.00. The molecule has 1 aromatic carbocycles. The smallest absolute Gasteiger partial charge is 0.338 e. The van der Waals surface area contributed by atoms with Gasteiger partial charge in [-0.2, -0.15) is 0 Å². The number of hydrogen-bond donors (Lipinski definition) is 2. The number of carboxylic acid groups (broad SMARTS) is 1. The van der Waals surface area contributed by atoms with E-state index in [4.69, 9.17) is 9.84 Å². The minimum Gasteiger partial charge on any atom is -0.478 e. The number of ether oxygens (including phenoxy) is 1. The van der Waals surface area contributed by atoms with Crippen LogP contribution in [0.3, 0.4) is 0 Å². The van der Waals surface area contributed by atoms with E-state index in [0.717, 1.165) is 12.5 Å². The predicted octanol–water partition coefficient (Wildman–Crippen LogP) is 2.50. The van der Waals surface area contributed by atoms with Crippen LogP contribution in [0.2, 0.25) is 0 Å². The number of hydrogen-bond acceptors (Lipinski definition) is 3. The van der Waals surface area contributed by atoms with Gasteiger partial charge >= 0.3 is 5.97 Å². The van der Waals surface area contributed by atoms with Gasteiger partial charge in [-0.1, -0.05) is 0 Å². The SMILES string of the molecule is CC1OCCC1CNc1ccc(C(=O)O)c(F)c1F. The lowest BCUT2D eigenvalue weighted by Crippen LogP contribution is -2.21. The molecule has 2 rings (SSSR count). The molecule has 4 nitrogen and oxygen atoms in total. The lowest BCUT2D eigenvalue weighted by Gasteiger charge is -2.16. The molecule has 1 aromatic rings. The molecule has 2 N–H and O–H groups in total. The number of nitrogens with one attached hydrogen (secondary N) is 1. The third-order valence-corrected chi connectivity index (χ3v) is 3.40. The number of halogens is 2. The number of carbonyl (C=O) groups is 1. The average Bonchev–Trinajstić information content (AvgIpc) is 2.76. The van der Waals surface area contributed by atoms with Crippen LogP contribution in [-0.2, 0) is 4.74 Å². The van der Waals surface area contributed by atoms with E-state index in [1.807, 2.05) is 6.92 Å². The van der Waals surface area contributed by atoms with Crippen LogP contribution in [0.5, 0.6) is 0 Å². The molecule has 2 atom stereocenters. The van der Waals surface area contributed by atoms with Gasteiger partial charge < -0.3 is 15.2 Å². The van der Waals surface area contributed by atoms with Crippen molar-refractivity contribution >= 4 is 11.7 Å². The van der Waals surface area contributed by atoms with E-state index in [9.17, 15) is 13.6 Å². The summed E-state index contributed by atoms with van der Waals surface area (Å²) >= 11 is 0.